The average molecular weight is 277 g/mol. The summed E-state index contributed by atoms with van der Waals surface area (Å²) in [5, 5.41) is 4.21. The summed E-state index contributed by atoms with van der Waals surface area (Å²) in [7, 11) is 0. The molecule has 1 aliphatic rings. The van der Waals surface area contributed by atoms with Gasteiger partial charge in [-0.2, -0.15) is 0 Å². The fourth-order valence-electron chi connectivity index (χ4n) is 2.64. The first kappa shape index (κ1) is 12.6. The Bertz CT molecular complexity index is 591. The molecule has 1 aromatic carbocycles. The fourth-order valence-corrected chi connectivity index (χ4v) is 2.81. The molecule has 3 rings (SSSR count). The first-order valence-electron chi connectivity index (χ1n) is 6.55. The molecule has 1 N–H and O–H groups in total. The zero-order valence-electron chi connectivity index (χ0n) is 11.1. The molecule has 0 aliphatic carbocycles. The minimum absolute atomic E-state index is 0.464. The summed E-state index contributed by atoms with van der Waals surface area (Å²) in [6, 6.07) is 6.54. The van der Waals surface area contributed by atoms with Gasteiger partial charge in [0.2, 0.25) is 0 Å². The number of fused-ring (bicyclic) bond motifs is 1. The molecule has 2 atom stereocenters. The van der Waals surface area contributed by atoms with Gasteiger partial charge in [-0.1, -0.05) is 11.6 Å². The van der Waals surface area contributed by atoms with Crippen LogP contribution in [-0.4, -0.2) is 35.1 Å². The maximum atomic E-state index is 5.96. The molecule has 1 aliphatic heterocycles. The smallest absolute Gasteiger partial charge is 0.147 e. The summed E-state index contributed by atoms with van der Waals surface area (Å²) in [5.41, 5.74) is 1.73. The second-order valence-electron chi connectivity index (χ2n) is 5.23. The number of hydrogen-bond acceptors (Lipinski definition) is 4. The standard InChI is InChI=1S/C14H17ClN4/c1-9-7-19(8-10(2)17-9)14-6-16-13-5-11(15)3-4-12(13)18-14/h3-6,9-10,17H,7-8H2,1-2H3/t9-,10+. The van der Waals surface area contributed by atoms with Gasteiger partial charge in [0.25, 0.3) is 0 Å². The molecule has 0 saturated carbocycles. The molecule has 2 aromatic rings. The van der Waals surface area contributed by atoms with Crippen LogP contribution >= 0.6 is 11.6 Å². The highest BCUT2D eigenvalue weighted by Crippen LogP contribution is 2.20. The van der Waals surface area contributed by atoms with Gasteiger partial charge >= 0.3 is 0 Å². The maximum Gasteiger partial charge on any atom is 0.147 e. The quantitative estimate of drug-likeness (QED) is 0.869. The molecule has 0 amide bonds. The van der Waals surface area contributed by atoms with Crippen LogP contribution in [0.1, 0.15) is 13.8 Å². The van der Waals surface area contributed by atoms with E-state index in [2.05, 4.69) is 34.0 Å². The van der Waals surface area contributed by atoms with Gasteiger partial charge in [-0.3, -0.25) is 4.98 Å². The van der Waals surface area contributed by atoms with Gasteiger partial charge < -0.3 is 10.2 Å². The van der Waals surface area contributed by atoms with Crippen LogP contribution in [-0.2, 0) is 0 Å². The number of anilines is 1. The van der Waals surface area contributed by atoms with Crippen LogP contribution in [0.5, 0.6) is 0 Å². The Kier molecular flexibility index (Phi) is 3.29. The lowest BCUT2D eigenvalue weighted by Crippen LogP contribution is -2.54. The van der Waals surface area contributed by atoms with E-state index in [1.165, 1.54) is 0 Å². The summed E-state index contributed by atoms with van der Waals surface area (Å²) in [6.45, 7) is 6.30. The van der Waals surface area contributed by atoms with Crippen molar-refractivity contribution in [2.24, 2.45) is 0 Å². The Hall–Kier alpha value is -1.39. The van der Waals surface area contributed by atoms with Gasteiger partial charge in [0.15, 0.2) is 0 Å². The summed E-state index contributed by atoms with van der Waals surface area (Å²) >= 11 is 5.96. The first-order valence-corrected chi connectivity index (χ1v) is 6.93. The molecule has 0 spiro atoms. The molecule has 4 nitrogen and oxygen atoms in total. The van der Waals surface area contributed by atoms with Crippen molar-refractivity contribution in [2.75, 3.05) is 18.0 Å². The highest BCUT2D eigenvalue weighted by Gasteiger charge is 2.22. The van der Waals surface area contributed by atoms with Gasteiger partial charge in [0.1, 0.15) is 5.82 Å². The molecule has 100 valence electrons. The minimum atomic E-state index is 0.464. The first-order chi connectivity index (χ1) is 9.11. The lowest BCUT2D eigenvalue weighted by molar-refractivity contribution is 0.405. The van der Waals surface area contributed by atoms with E-state index < -0.39 is 0 Å². The van der Waals surface area contributed by atoms with Crippen LogP contribution in [0, 0.1) is 0 Å². The number of nitrogens with zero attached hydrogens (tertiary/aromatic N) is 3. The molecule has 0 radical (unpaired) electrons. The molecule has 0 bridgehead atoms. The molecule has 1 saturated heterocycles. The molecular weight excluding hydrogens is 260 g/mol. The number of nitrogens with one attached hydrogen (secondary N) is 1. The number of hydrogen-bond donors (Lipinski definition) is 1. The van der Waals surface area contributed by atoms with E-state index in [1.807, 2.05) is 24.4 Å². The van der Waals surface area contributed by atoms with Crippen LogP contribution in [0.4, 0.5) is 5.82 Å². The van der Waals surface area contributed by atoms with E-state index >= 15 is 0 Å². The van der Waals surface area contributed by atoms with Crippen molar-refractivity contribution in [3.05, 3.63) is 29.4 Å². The van der Waals surface area contributed by atoms with Crippen molar-refractivity contribution in [1.82, 2.24) is 15.3 Å². The summed E-state index contributed by atoms with van der Waals surface area (Å²) in [5.74, 6) is 0.940. The fraction of sp³-hybridized carbons (Fsp3) is 0.429. The topological polar surface area (TPSA) is 41.1 Å². The minimum Gasteiger partial charge on any atom is -0.352 e. The average Bonchev–Trinajstić information content (AvgIpc) is 2.37. The Morgan fingerprint density at radius 3 is 2.68 bits per heavy atom. The third kappa shape index (κ3) is 2.65. The van der Waals surface area contributed by atoms with E-state index in [0.29, 0.717) is 17.1 Å². The number of benzene rings is 1. The molecule has 0 unspecified atom stereocenters. The van der Waals surface area contributed by atoms with Gasteiger partial charge in [0.05, 0.1) is 17.2 Å². The van der Waals surface area contributed by atoms with E-state index in [-0.39, 0.29) is 0 Å². The van der Waals surface area contributed by atoms with Gasteiger partial charge in [-0.15, -0.1) is 0 Å². The van der Waals surface area contributed by atoms with E-state index in [0.717, 1.165) is 29.9 Å². The van der Waals surface area contributed by atoms with Crippen molar-refractivity contribution < 1.29 is 0 Å². The number of halogens is 1. The normalized spacial score (nSPS) is 23.8. The zero-order valence-corrected chi connectivity index (χ0v) is 11.9. The van der Waals surface area contributed by atoms with Crippen LogP contribution in [0.15, 0.2) is 24.4 Å². The lowest BCUT2D eigenvalue weighted by Gasteiger charge is -2.36. The Labute approximate surface area is 117 Å². The monoisotopic (exact) mass is 276 g/mol. The van der Waals surface area contributed by atoms with Gasteiger partial charge in [-0.25, -0.2) is 4.98 Å². The van der Waals surface area contributed by atoms with Crippen LogP contribution in [0.2, 0.25) is 5.02 Å². The predicted octanol–water partition coefficient (Wildman–Crippen LogP) is 2.47. The van der Waals surface area contributed by atoms with Gasteiger partial charge in [-0.05, 0) is 32.0 Å². The number of piperazine rings is 1. The Morgan fingerprint density at radius 2 is 1.95 bits per heavy atom. The zero-order chi connectivity index (χ0) is 13.4. The maximum absolute atomic E-state index is 5.96. The lowest BCUT2D eigenvalue weighted by atomic mass is 10.1. The van der Waals surface area contributed by atoms with E-state index in [1.54, 1.807) is 0 Å². The van der Waals surface area contributed by atoms with Crippen LogP contribution < -0.4 is 10.2 Å². The third-order valence-corrected chi connectivity index (χ3v) is 3.61. The molecule has 1 aromatic heterocycles. The number of rotatable bonds is 1. The van der Waals surface area contributed by atoms with Crippen molar-refractivity contribution in [3.8, 4) is 0 Å². The second kappa shape index (κ2) is 4.94. The molecule has 1 fully saturated rings. The molecule has 19 heavy (non-hydrogen) atoms. The second-order valence-corrected chi connectivity index (χ2v) is 5.67. The predicted molar refractivity (Wildman–Crippen MR) is 78.8 cm³/mol. The highest BCUT2D eigenvalue weighted by molar-refractivity contribution is 6.31. The number of aromatic nitrogens is 2. The summed E-state index contributed by atoms with van der Waals surface area (Å²) in [4.78, 5) is 11.4. The summed E-state index contributed by atoms with van der Waals surface area (Å²) in [6.07, 6.45) is 1.84. The third-order valence-electron chi connectivity index (χ3n) is 3.37. The molecular formula is C14H17ClN4. The largest absolute Gasteiger partial charge is 0.352 e. The molecule has 5 heteroatoms. The van der Waals surface area contributed by atoms with Crippen molar-refractivity contribution in [2.45, 2.75) is 25.9 Å². The highest BCUT2D eigenvalue weighted by atomic mass is 35.5. The van der Waals surface area contributed by atoms with Crippen molar-refractivity contribution in [1.29, 1.82) is 0 Å². The van der Waals surface area contributed by atoms with Crippen LogP contribution in [0.3, 0.4) is 0 Å². The van der Waals surface area contributed by atoms with Crippen molar-refractivity contribution >= 4 is 28.5 Å². The van der Waals surface area contributed by atoms with Gasteiger partial charge in [0, 0.05) is 30.2 Å². The Morgan fingerprint density at radius 1 is 1.21 bits per heavy atom. The van der Waals surface area contributed by atoms with Crippen LogP contribution in [0.25, 0.3) is 11.0 Å². The van der Waals surface area contributed by atoms with E-state index in [4.69, 9.17) is 11.6 Å². The summed E-state index contributed by atoms with van der Waals surface area (Å²) < 4.78 is 0. The SMILES string of the molecule is C[C@@H]1CN(c2cnc3cc(Cl)ccc3n2)C[C@H](C)N1. The molecule has 2 heterocycles. The van der Waals surface area contributed by atoms with E-state index in [9.17, 15) is 0 Å². The van der Waals surface area contributed by atoms with Crippen molar-refractivity contribution in [3.63, 3.8) is 0 Å². The Balaban J connectivity index is 1.94.